The van der Waals surface area contributed by atoms with Gasteiger partial charge in [-0.05, 0) is 24.9 Å². The van der Waals surface area contributed by atoms with E-state index in [1.807, 2.05) is 6.26 Å². The molecule has 2 fully saturated rings. The minimum absolute atomic E-state index is 0.0524. The van der Waals surface area contributed by atoms with Crippen molar-refractivity contribution in [1.29, 1.82) is 0 Å². The van der Waals surface area contributed by atoms with Crippen LogP contribution in [0.4, 0.5) is 0 Å². The van der Waals surface area contributed by atoms with E-state index in [1.54, 1.807) is 0 Å². The van der Waals surface area contributed by atoms with E-state index in [2.05, 4.69) is 15.2 Å². The number of nitrogens with two attached hydrogens (primary N) is 2. The number of carbonyl (C=O) groups is 3. The average molecular weight is 415 g/mol. The molecule has 3 rings (SSSR count). The third kappa shape index (κ3) is 2.85. The van der Waals surface area contributed by atoms with Crippen molar-refractivity contribution < 1.29 is 24.6 Å². The van der Waals surface area contributed by atoms with Gasteiger partial charge in [-0.1, -0.05) is 11.8 Å². The molecule has 2 aliphatic rings. The van der Waals surface area contributed by atoms with Gasteiger partial charge < -0.3 is 26.7 Å². The molecule has 0 saturated heterocycles. The van der Waals surface area contributed by atoms with Gasteiger partial charge in [0.25, 0.3) is 0 Å². The fraction of sp³-hybridized carbons (Fsp3) is 0.667. The molecule has 27 heavy (non-hydrogen) atoms. The van der Waals surface area contributed by atoms with Gasteiger partial charge in [0.05, 0.1) is 17.4 Å². The van der Waals surface area contributed by atoms with Crippen molar-refractivity contribution in [3.63, 3.8) is 0 Å². The fourth-order valence-corrected chi connectivity index (χ4v) is 6.31. The molecule has 0 bridgehead atoms. The van der Waals surface area contributed by atoms with Gasteiger partial charge in [-0.2, -0.15) is 11.8 Å². The first-order valence-corrected chi connectivity index (χ1v) is 10.6. The van der Waals surface area contributed by atoms with Gasteiger partial charge in [0.2, 0.25) is 0 Å². The van der Waals surface area contributed by atoms with Gasteiger partial charge in [0, 0.05) is 11.2 Å². The van der Waals surface area contributed by atoms with Crippen LogP contribution in [0.3, 0.4) is 0 Å². The van der Waals surface area contributed by atoms with E-state index in [0.29, 0.717) is 17.3 Å². The monoisotopic (exact) mass is 415 g/mol. The summed E-state index contributed by atoms with van der Waals surface area (Å²) in [6.07, 6.45) is 3.50. The molecule has 0 radical (unpaired) electrons. The molecule has 148 valence electrons. The van der Waals surface area contributed by atoms with Crippen molar-refractivity contribution in [3.05, 3.63) is 6.33 Å². The zero-order valence-electron chi connectivity index (χ0n) is 14.5. The number of H-pyrrole nitrogens is 1. The summed E-state index contributed by atoms with van der Waals surface area (Å²) in [5, 5.41) is 26.9. The van der Waals surface area contributed by atoms with Crippen molar-refractivity contribution in [1.82, 2.24) is 15.2 Å². The van der Waals surface area contributed by atoms with Gasteiger partial charge in [-0.3, -0.25) is 14.4 Å². The SMILES string of the molecule is CSCCC(N)C(=O)C12C(C(=O)O)C1C(Sc1nnc[nH]1)CC2(N)C(=O)O. The van der Waals surface area contributed by atoms with E-state index in [-0.39, 0.29) is 6.42 Å². The molecule has 2 saturated carbocycles. The lowest BCUT2D eigenvalue weighted by atomic mass is 9.74. The van der Waals surface area contributed by atoms with Crippen molar-refractivity contribution in [2.45, 2.75) is 34.8 Å². The second-order valence-electron chi connectivity index (χ2n) is 6.89. The van der Waals surface area contributed by atoms with Gasteiger partial charge in [0.1, 0.15) is 11.9 Å². The molecule has 0 spiro atoms. The maximum absolute atomic E-state index is 13.2. The van der Waals surface area contributed by atoms with Crippen molar-refractivity contribution in [3.8, 4) is 0 Å². The Morgan fingerprint density at radius 1 is 1.44 bits per heavy atom. The first-order chi connectivity index (χ1) is 12.7. The molecule has 6 unspecified atom stereocenters. The summed E-state index contributed by atoms with van der Waals surface area (Å²) in [5.41, 5.74) is 8.55. The Labute approximate surface area is 163 Å². The molecule has 2 aliphatic carbocycles. The number of fused-ring (bicyclic) bond motifs is 1. The summed E-state index contributed by atoms with van der Waals surface area (Å²) in [6, 6.07) is -0.958. The highest BCUT2D eigenvalue weighted by molar-refractivity contribution is 7.99. The number of aromatic amines is 1. The lowest BCUT2D eigenvalue weighted by Gasteiger charge is -2.32. The largest absolute Gasteiger partial charge is 0.481 e. The van der Waals surface area contributed by atoms with Crippen LogP contribution < -0.4 is 11.5 Å². The molecule has 6 atom stereocenters. The number of nitrogens with zero attached hydrogens (tertiary/aromatic N) is 2. The topological polar surface area (TPSA) is 185 Å². The summed E-state index contributed by atoms with van der Waals surface area (Å²) in [7, 11) is 0. The zero-order chi connectivity index (χ0) is 20.0. The maximum Gasteiger partial charge on any atom is 0.324 e. The number of hydrogen-bond acceptors (Lipinski definition) is 9. The van der Waals surface area contributed by atoms with E-state index >= 15 is 0 Å². The lowest BCUT2D eigenvalue weighted by Crippen LogP contribution is -2.61. The van der Waals surface area contributed by atoms with Gasteiger partial charge in [-0.15, -0.1) is 10.2 Å². The number of nitrogens with one attached hydrogen (secondary N) is 1. The van der Waals surface area contributed by atoms with Crippen molar-refractivity contribution in [2.75, 3.05) is 12.0 Å². The summed E-state index contributed by atoms with van der Waals surface area (Å²) in [4.78, 5) is 40.0. The number of carboxylic acids is 2. The predicted octanol–water partition coefficient (Wildman–Crippen LogP) is -0.582. The molecule has 1 aromatic rings. The average Bonchev–Trinajstić information content (AvgIpc) is 2.94. The van der Waals surface area contributed by atoms with Crippen LogP contribution in [0.15, 0.2) is 11.5 Å². The molecule has 1 aromatic heterocycles. The Hall–Kier alpha value is -1.63. The number of carbonyl (C=O) groups excluding carboxylic acids is 1. The fourth-order valence-electron chi connectivity index (χ4n) is 4.45. The first-order valence-electron chi connectivity index (χ1n) is 8.28. The van der Waals surface area contributed by atoms with Gasteiger partial charge in [-0.25, -0.2) is 0 Å². The number of aliphatic carboxylic acids is 2. The van der Waals surface area contributed by atoms with Crippen LogP contribution in [0.5, 0.6) is 0 Å². The lowest BCUT2D eigenvalue weighted by molar-refractivity contribution is -0.152. The van der Waals surface area contributed by atoms with E-state index in [1.165, 1.54) is 18.1 Å². The molecule has 10 nitrogen and oxygen atoms in total. The normalized spacial score (nSPS) is 35.4. The summed E-state index contributed by atoms with van der Waals surface area (Å²) in [5.74, 6) is -4.49. The van der Waals surface area contributed by atoms with Crippen LogP contribution >= 0.6 is 23.5 Å². The molecule has 0 amide bonds. The minimum Gasteiger partial charge on any atom is -0.481 e. The highest BCUT2D eigenvalue weighted by Crippen LogP contribution is 2.74. The highest BCUT2D eigenvalue weighted by Gasteiger charge is 2.88. The van der Waals surface area contributed by atoms with Crippen molar-refractivity contribution in [2.24, 2.45) is 28.7 Å². The Bertz CT molecular complexity index is 762. The number of aromatic nitrogens is 3. The number of ketones is 1. The number of carboxylic acid groups (broad SMARTS) is 2. The highest BCUT2D eigenvalue weighted by atomic mass is 32.2. The number of hydrogen-bond donors (Lipinski definition) is 5. The van der Waals surface area contributed by atoms with Crippen LogP contribution in [0.1, 0.15) is 12.8 Å². The third-order valence-electron chi connectivity index (χ3n) is 5.61. The molecule has 1 heterocycles. The second kappa shape index (κ2) is 7.08. The Balaban J connectivity index is 2.00. The maximum atomic E-state index is 13.2. The quantitative estimate of drug-likeness (QED) is 0.347. The van der Waals surface area contributed by atoms with Crippen LogP contribution in [0, 0.1) is 17.3 Å². The van der Waals surface area contributed by atoms with E-state index in [9.17, 15) is 24.6 Å². The summed E-state index contributed by atoms with van der Waals surface area (Å²) in [6.45, 7) is 0. The molecular weight excluding hydrogens is 394 g/mol. The van der Waals surface area contributed by atoms with Crippen LogP contribution in [-0.4, -0.2) is 72.0 Å². The summed E-state index contributed by atoms with van der Waals surface area (Å²) < 4.78 is 0. The molecule has 0 aromatic carbocycles. The summed E-state index contributed by atoms with van der Waals surface area (Å²) >= 11 is 2.66. The third-order valence-corrected chi connectivity index (χ3v) is 7.44. The van der Waals surface area contributed by atoms with Crippen molar-refractivity contribution >= 4 is 41.2 Å². The number of Topliss-reactive ketones (excluding diaryl/α,β-unsaturated/α-hetero) is 1. The van der Waals surface area contributed by atoms with Crippen LogP contribution in [-0.2, 0) is 14.4 Å². The molecule has 12 heteroatoms. The van der Waals surface area contributed by atoms with E-state index in [4.69, 9.17) is 11.5 Å². The molecule has 7 N–H and O–H groups in total. The zero-order valence-corrected chi connectivity index (χ0v) is 16.1. The van der Waals surface area contributed by atoms with E-state index < -0.39 is 51.8 Å². The Morgan fingerprint density at radius 3 is 2.67 bits per heavy atom. The van der Waals surface area contributed by atoms with Gasteiger partial charge >= 0.3 is 11.9 Å². The minimum atomic E-state index is -1.99. The molecule has 0 aliphatic heterocycles. The first kappa shape index (κ1) is 20.1. The van der Waals surface area contributed by atoms with E-state index in [0.717, 1.165) is 11.8 Å². The number of thioether (sulfide) groups is 2. The van der Waals surface area contributed by atoms with Crippen LogP contribution in [0.25, 0.3) is 0 Å². The van der Waals surface area contributed by atoms with Gasteiger partial charge in [0.15, 0.2) is 10.9 Å². The Kier molecular flexibility index (Phi) is 5.27. The Morgan fingerprint density at radius 2 is 2.15 bits per heavy atom. The smallest absolute Gasteiger partial charge is 0.324 e. The van der Waals surface area contributed by atoms with Crippen LogP contribution in [0.2, 0.25) is 0 Å². The second-order valence-corrected chi connectivity index (χ2v) is 9.11. The standard InChI is InChI=1S/C15H21N5O5S2/c1-26-3-2-6(16)10(21)15-8(9(15)11(22)23)7(4-14(15,17)12(24)25)27-13-18-5-19-20-13/h5-9H,2-4,16-17H2,1H3,(H,22,23)(H,24,25)(H,18,19,20). The predicted molar refractivity (Wildman–Crippen MR) is 98.2 cm³/mol. The molecular formula is C15H21N5O5S2. The number of rotatable bonds is 9.